The molecule has 0 bridgehead atoms. The first-order chi connectivity index (χ1) is 12.6. The molecule has 0 aliphatic rings. The molecule has 0 saturated carbocycles. The van der Waals surface area contributed by atoms with Crippen molar-refractivity contribution in [2.75, 3.05) is 19.4 Å². The average Bonchev–Trinajstić information content (AvgIpc) is 2.67. The van der Waals surface area contributed by atoms with Crippen molar-refractivity contribution in [2.24, 2.45) is 0 Å². The van der Waals surface area contributed by atoms with Gasteiger partial charge in [0.1, 0.15) is 0 Å². The molecule has 1 amide bonds. The Kier molecular flexibility index (Phi) is 8.35. The van der Waals surface area contributed by atoms with Gasteiger partial charge in [0.25, 0.3) is 5.91 Å². The summed E-state index contributed by atoms with van der Waals surface area (Å²) in [7, 11) is 1.59. The molecular formula is C21H27NO3S. The molecule has 0 aliphatic carbocycles. The highest BCUT2D eigenvalue weighted by atomic mass is 32.2. The van der Waals surface area contributed by atoms with Gasteiger partial charge in [0, 0.05) is 18.1 Å². The molecule has 0 aromatic heterocycles. The number of hydrogen-bond acceptors (Lipinski definition) is 4. The summed E-state index contributed by atoms with van der Waals surface area (Å²) in [6.45, 7) is 4.65. The fourth-order valence-corrected chi connectivity index (χ4v) is 3.25. The maximum absolute atomic E-state index is 12.4. The number of hydrogen-bond donors (Lipinski definition) is 1. The molecule has 0 unspecified atom stereocenters. The Hall–Kier alpha value is -2.14. The second-order valence-corrected chi connectivity index (χ2v) is 7.10. The molecule has 0 heterocycles. The van der Waals surface area contributed by atoms with E-state index in [1.807, 2.05) is 43.0 Å². The normalized spacial score (nSPS) is 11.7. The third-order valence-electron chi connectivity index (χ3n) is 3.94. The lowest BCUT2D eigenvalue weighted by atomic mass is 10.2. The predicted octanol–water partition coefficient (Wildman–Crippen LogP) is 4.21. The van der Waals surface area contributed by atoms with Crippen LogP contribution in [0.1, 0.15) is 24.5 Å². The van der Waals surface area contributed by atoms with E-state index < -0.39 is 6.10 Å². The molecular weight excluding hydrogens is 346 g/mol. The van der Waals surface area contributed by atoms with Crippen LogP contribution in [0.4, 0.5) is 0 Å². The maximum atomic E-state index is 12.4. The van der Waals surface area contributed by atoms with E-state index in [9.17, 15) is 4.79 Å². The molecule has 26 heavy (non-hydrogen) atoms. The van der Waals surface area contributed by atoms with Crippen molar-refractivity contribution in [1.82, 2.24) is 5.32 Å². The lowest BCUT2D eigenvalue weighted by Gasteiger charge is -2.18. The number of benzene rings is 2. The Morgan fingerprint density at radius 3 is 2.46 bits per heavy atom. The van der Waals surface area contributed by atoms with Crippen LogP contribution in [0.3, 0.4) is 0 Å². The van der Waals surface area contributed by atoms with E-state index in [1.54, 1.807) is 7.11 Å². The second-order valence-electron chi connectivity index (χ2n) is 5.99. The number of carbonyl (C=O) groups excluding carboxylic acids is 1. The van der Waals surface area contributed by atoms with E-state index in [4.69, 9.17) is 9.47 Å². The van der Waals surface area contributed by atoms with Crippen molar-refractivity contribution in [3.05, 3.63) is 59.7 Å². The smallest absolute Gasteiger partial charge is 0.261 e. The Labute approximate surface area is 160 Å². The highest BCUT2D eigenvalue weighted by Gasteiger charge is 2.19. The van der Waals surface area contributed by atoms with E-state index in [0.29, 0.717) is 24.5 Å². The number of para-hydroxylation sites is 2. The Balaban J connectivity index is 1.73. The highest BCUT2D eigenvalue weighted by molar-refractivity contribution is 7.98. The minimum atomic E-state index is -0.520. The summed E-state index contributed by atoms with van der Waals surface area (Å²) >= 11 is 1.81. The standard InChI is InChI=1S/C21H27NO3S/c1-4-18(25-20-8-6-5-7-19(20)24-3)21(23)22-13-14-26-15-17-11-9-16(2)10-12-17/h5-12,18H,4,13-15H2,1-3H3,(H,22,23)/t18-/m0/s1. The largest absolute Gasteiger partial charge is 0.493 e. The van der Waals surface area contributed by atoms with Crippen LogP contribution in [0.15, 0.2) is 48.5 Å². The Morgan fingerprint density at radius 2 is 1.81 bits per heavy atom. The van der Waals surface area contributed by atoms with Gasteiger partial charge in [-0.05, 0) is 31.0 Å². The quantitative estimate of drug-likeness (QED) is 0.634. The number of methoxy groups -OCH3 is 1. The molecule has 0 spiro atoms. The molecule has 0 radical (unpaired) electrons. The van der Waals surface area contributed by atoms with Crippen molar-refractivity contribution in [1.29, 1.82) is 0 Å². The van der Waals surface area contributed by atoms with Crippen LogP contribution >= 0.6 is 11.8 Å². The molecule has 0 saturated heterocycles. The van der Waals surface area contributed by atoms with Crippen LogP contribution < -0.4 is 14.8 Å². The summed E-state index contributed by atoms with van der Waals surface area (Å²) in [6.07, 6.45) is 0.0776. The van der Waals surface area contributed by atoms with Gasteiger partial charge < -0.3 is 14.8 Å². The monoisotopic (exact) mass is 373 g/mol. The third kappa shape index (κ3) is 6.30. The fraction of sp³-hybridized carbons (Fsp3) is 0.381. The van der Waals surface area contributed by atoms with E-state index in [2.05, 4.69) is 36.5 Å². The van der Waals surface area contributed by atoms with Crippen molar-refractivity contribution < 1.29 is 14.3 Å². The molecule has 2 aromatic carbocycles. The predicted molar refractivity (Wildman–Crippen MR) is 108 cm³/mol. The zero-order valence-electron chi connectivity index (χ0n) is 15.7. The van der Waals surface area contributed by atoms with E-state index in [-0.39, 0.29) is 5.91 Å². The molecule has 1 atom stereocenters. The summed E-state index contributed by atoms with van der Waals surface area (Å²) in [6, 6.07) is 15.9. The van der Waals surface area contributed by atoms with Gasteiger partial charge in [-0.1, -0.05) is 48.9 Å². The second kappa shape index (κ2) is 10.8. The average molecular weight is 374 g/mol. The van der Waals surface area contributed by atoms with Crippen molar-refractivity contribution in [2.45, 2.75) is 32.1 Å². The summed E-state index contributed by atoms with van der Waals surface area (Å²) in [4.78, 5) is 12.4. The highest BCUT2D eigenvalue weighted by Crippen LogP contribution is 2.27. The van der Waals surface area contributed by atoms with Gasteiger partial charge in [-0.2, -0.15) is 11.8 Å². The van der Waals surface area contributed by atoms with Crippen LogP contribution in [-0.2, 0) is 10.5 Å². The van der Waals surface area contributed by atoms with E-state index >= 15 is 0 Å². The number of ether oxygens (including phenoxy) is 2. The summed E-state index contributed by atoms with van der Waals surface area (Å²) in [5, 5.41) is 2.96. The number of thioether (sulfide) groups is 1. The molecule has 140 valence electrons. The SMILES string of the molecule is CC[C@H](Oc1ccccc1OC)C(=O)NCCSCc1ccc(C)cc1. The lowest BCUT2D eigenvalue weighted by molar-refractivity contribution is -0.128. The van der Waals surface area contributed by atoms with Crippen molar-refractivity contribution >= 4 is 17.7 Å². The van der Waals surface area contributed by atoms with Crippen LogP contribution in [-0.4, -0.2) is 31.4 Å². The van der Waals surface area contributed by atoms with Gasteiger partial charge in [0.2, 0.25) is 0 Å². The van der Waals surface area contributed by atoms with Gasteiger partial charge in [-0.15, -0.1) is 0 Å². The van der Waals surface area contributed by atoms with Gasteiger partial charge in [0.05, 0.1) is 7.11 Å². The number of amides is 1. The fourth-order valence-electron chi connectivity index (χ4n) is 2.43. The lowest BCUT2D eigenvalue weighted by Crippen LogP contribution is -2.39. The van der Waals surface area contributed by atoms with Crippen LogP contribution in [0.2, 0.25) is 0 Å². The summed E-state index contributed by atoms with van der Waals surface area (Å²) in [5.41, 5.74) is 2.57. The first-order valence-corrected chi connectivity index (χ1v) is 10.00. The van der Waals surface area contributed by atoms with Crippen LogP contribution in [0.5, 0.6) is 11.5 Å². The third-order valence-corrected chi connectivity index (χ3v) is 4.97. The number of carbonyl (C=O) groups is 1. The molecule has 5 heteroatoms. The molecule has 2 rings (SSSR count). The zero-order chi connectivity index (χ0) is 18.8. The zero-order valence-corrected chi connectivity index (χ0v) is 16.5. The topological polar surface area (TPSA) is 47.6 Å². The van der Waals surface area contributed by atoms with Crippen LogP contribution in [0, 0.1) is 6.92 Å². The summed E-state index contributed by atoms with van der Waals surface area (Å²) in [5.74, 6) is 2.95. The molecule has 2 aromatic rings. The Bertz CT molecular complexity index is 688. The van der Waals surface area contributed by atoms with E-state index in [0.717, 1.165) is 11.5 Å². The Morgan fingerprint density at radius 1 is 1.12 bits per heavy atom. The first-order valence-electron chi connectivity index (χ1n) is 8.84. The van der Waals surface area contributed by atoms with Gasteiger partial charge in [-0.25, -0.2) is 0 Å². The minimum Gasteiger partial charge on any atom is -0.493 e. The van der Waals surface area contributed by atoms with Gasteiger partial charge in [0.15, 0.2) is 17.6 Å². The van der Waals surface area contributed by atoms with Crippen molar-refractivity contribution in [3.8, 4) is 11.5 Å². The number of aryl methyl sites for hydroxylation is 1. The van der Waals surface area contributed by atoms with E-state index in [1.165, 1.54) is 11.1 Å². The minimum absolute atomic E-state index is 0.0886. The van der Waals surface area contributed by atoms with Crippen LogP contribution in [0.25, 0.3) is 0 Å². The number of nitrogens with one attached hydrogen (secondary N) is 1. The molecule has 0 aliphatic heterocycles. The van der Waals surface area contributed by atoms with Crippen molar-refractivity contribution in [3.63, 3.8) is 0 Å². The maximum Gasteiger partial charge on any atom is 0.261 e. The number of rotatable bonds is 10. The van der Waals surface area contributed by atoms with Gasteiger partial charge in [-0.3, -0.25) is 4.79 Å². The van der Waals surface area contributed by atoms with Gasteiger partial charge >= 0.3 is 0 Å². The molecule has 4 nitrogen and oxygen atoms in total. The molecule has 0 fully saturated rings. The summed E-state index contributed by atoms with van der Waals surface area (Å²) < 4.78 is 11.1. The first kappa shape index (κ1) is 20.2. The molecule has 1 N–H and O–H groups in total.